The van der Waals surface area contributed by atoms with Gasteiger partial charge in [0.2, 0.25) is 0 Å². The number of methoxy groups -OCH3 is 1. The smallest absolute Gasteiger partial charge is 0.126 e. The standard InChI is InChI=1S/C11H17N3OS/c1-11(2,15-3)7-13-9-6-4-5-8(14-9)10(12)16/h4-6H,7H2,1-3H3,(H2,12,16)(H,13,14). The molecule has 88 valence electrons. The fraction of sp³-hybridized carbons (Fsp3) is 0.455. The quantitative estimate of drug-likeness (QED) is 0.763. The number of aromatic nitrogens is 1. The van der Waals surface area contributed by atoms with Gasteiger partial charge in [0.05, 0.1) is 11.3 Å². The number of nitrogens with zero attached hydrogens (tertiary/aromatic N) is 1. The van der Waals surface area contributed by atoms with E-state index >= 15 is 0 Å². The summed E-state index contributed by atoms with van der Waals surface area (Å²) in [7, 11) is 1.68. The number of hydrogen-bond donors (Lipinski definition) is 2. The lowest BCUT2D eigenvalue weighted by molar-refractivity contribution is 0.0343. The summed E-state index contributed by atoms with van der Waals surface area (Å²) >= 11 is 4.86. The van der Waals surface area contributed by atoms with Crippen molar-refractivity contribution in [3.63, 3.8) is 0 Å². The SMILES string of the molecule is COC(C)(C)CNc1cccc(C(N)=S)n1. The fourth-order valence-electron chi connectivity index (χ4n) is 1.05. The number of hydrogen-bond acceptors (Lipinski definition) is 4. The highest BCUT2D eigenvalue weighted by Crippen LogP contribution is 2.10. The van der Waals surface area contributed by atoms with Crippen LogP contribution in [0.1, 0.15) is 19.5 Å². The summed E-state index contributed by atoms with van der Waals surface area (Å²) in [5, 5.41) is 3.18. The van der Waals surface area contributed by atoms with E-state index in [0.717, 1.165) is 5.82 Å². The second-order valence-electron chi connectivity index (χ2n) is 4.09. The van der Waals surface area contributed by atoms with Crippen LogP contribution < -0.4 is 11.1 Å². The van der Waals surface area contributed by atoms with Gasteiger partial charge in [-0.1, -0.05) is 18.3 Å². The number of pyridine rings is 1. The number of nitrogens with two attached hydrogens (primary N) is 1. The molecule has 0 spiro atoms. The predicted octanol–water partition coefficient (Wildman–Crippen LogP) is 1.55. The zero-order chi connectivity index (χ0) is 12.2. The first-order chi connectivity index (χ1) is 7.44. The van der Waals surface area contributed by atoms with Gasteiger partial charge in [-0.2, -0.15) is 0 Å². The normalized spacial score (nSPS) is 11.2. The minimum absolute atomic E-state index is 0.235. The summed E-state index contributed by atoms with van der Waals surface area (Å²) in [6.45, 7) is 4.66. The largest absolute Gasteiger partial charge is 0.388 e. The van der Waals surface area contributed by atoms with Crippen LogP contribution in [0.2, 0.25) is 0 Å². The zero-order valence-corrected chi connectivity index (χ0v) is 10.6. The third kappa shape index (κ3) is 3.75. The molecule has 1 rings (SSSR count). The van der Waals surface area contributed by atoms with Crippen molar-refractivity contribution >= 4 is 23.0 Å². The average Bonchev–Trinajstić information content (AvgIpc) is 2.27. The van der Waals surface area contributed by atoms with Crippen molar-refractivity contribution in [3.05, 3.63) is 23.9 Å². The van der Waals surface area contributed by atoms with E-state index in [9.17, 15) is 0 Å². The van der Waals surface area contributed by atoms with Crippen molar-refractivity contribution in [2.75, 3.05) is 19.0 Å². The summed E-state index contributed by atoms with van der Waals surface area (Å²) < 4.78 is 5.30. The molecule has 1 aromatic rings. The topological polar surface area (TPSA) is 60.2 Å². The van der Waals surface area contributed by atoms with Crippen LogP contribution in [0.4, 0.5) is 5.82 Å². The molecule has 0 radical (unpaired) electrons. The molecule has 16 heavy (non-hydrogen) atoms. The third-order valence-electron chi connectivity index (χ3n) is 2.25. The van der Waals surface area contributed by atoms with Crippen LogP contribution in [0.15, 0.2) is 18.2 Å². The van der Waals surface area contributed by atoms with E-state index in [-0.39, 0.29) is 5.60 Å². The highest BCUT2D eigenvalue weighted by atomic mass is 32.1. The van der Waals surface area contributed by atoms with E-state index in [0.29, 0.717) is 17.2 Å². The number of rotatable bonds is 5. The van der Waals surface area contributed by atoms with Crippen molar-refractivity contribution in [2.45, 2.75) is 19.4 Å². The van der Waals surface area contributed by atoms with E-state index in [2.05, 4.69) is 10.3 Å². The molecule has 1 aromatic heterocycles. The Kier molecular flexibility index (Phi) is 4.20. The highest BCUT2D eigenvalue weighted by Gasteiger charge is 2.15. The zero-order valence-electron chi connectivity index (χ0n) is 9.78. The molecule has 0 amide bonds. The van der Waals surface area contributed by atoms with Crippen LogP contribution in [0.3, 0.4) is 0 Å². The monoisotopic (exact) mass is 239 g/mol. The molecule has 0 fully saturated rings. The van der Waals surface area contributed by atoms with Crippen molar-refractivity contribution in [1.82, 2.24) is 4.98 Å². The molecular weight excluding hydrogens is 222 g/mol. The van der Waals surface area contributed by atoms with Gasteiger partial charge < -0.3 is 15.8 Å². The molecule has 0 aromatic carbocycles. The molecule has 0 bridgehead atoms. The number of ether oxygens (including phenoxy) is 1. The summed E-state index contributed by atoms with van der Waals surface area (Å²) in [6, 6.07) is 5.52. The van der Waals surface area contributed by atoms with E-state index in [1.807, 2.05) is 26.0 Å². The maximum absolute atomic E-state index is 5.51. The first kappa shape index (κ1) is 12.9. The summed E-state index contributed by atoms with van der Waals surface area (Å²) in [5.74, 6) is 0.746. The minimum Gasteiger partial charge on any atom is -0.388 e. The second-order valence-corrected chi connectivity index (χ2v) is 4.53. The molecule has 0 aliphatic carbocycles. The van der Waals surface area contributed by atoms with Crippen LogP contribution in [0.25, 0.3) is 0 Å². The summed E-state index contributed by atoms with van der Waals surface area (Å²) in [6.07, 6.45) is 0. The third-order valence-corrected chi connectivity index (χ3v) is 2.46. The first-order valence-electron chi connectivity index (χ1n) is 5.00. The van der Waals surface area contributed by atoms with Gasteiger partial charge in [-0.05, 0) is 26.0 Å². The molecule has 1 heterocycles. The van der Waals surface area contributed by atoms with E-state index in [4.69, 9.17) is 22.7 Å². The van der Waals surface area contributed by atoms with Gasteiger partial charge in [0.15, 0.2) is 0 Å². The lowest BCUT2D eigenvalue weighted by Crippen LogP contribution is -2.32. The minimum atomic E-state index is -0.235. The van der Waals surface area contributed by atoms with E-state index in [1.54, 1.807) is 13.2 Å². The Hall–Kier alpha value is -1.20. The second kappa shape index (κ2) is 5.23. The molecule has 4 nitrogen and oxygen atoms in total. The van der Waals surface area contributed by atoms with Crippen LogP contribution in [-0.4, -0.2) is 29.2 Å². The maximum atomic E-state index is 5.51. The Bertz CT molecular complexity index is 379. The van der Waals surface area contributed by atoms with Gasteiger partial charge in [-0.25, -0.2) is 4.98 Å². The Morgan fingerprint density at radius 3 is 2.81 bits per heavy atom. The van der Waals surface area contributed by atoms with Gasteiger partial charge >= 0.3 is 0 Å². The average molecular weight is 239 g/mol. The molecule has 3 N–H and O–H groups in total. The molecule has 0 saturated carbocycles. The summed E-state index contributed by atoms with van der Waals surface area (Å²) in [5.41, 5.74) is 5.89. The van der Waals surface area contributed by atoms with Crippen molar-refractivity contribution < 1.29 is 4.74 Å². The number of thiocarbonyl (C=S) groups is 1. The molecular formula is C11H17N3OS. The Balaban J connectivity index is 2.68. The van der Waals surface area contributed by atoms with Crippen LogP contribution >= 0.6 is 12.2 Å². The van der Waals surface area contributed by atoms with Crippen LogP contribution in [0, 0.1) is 0 Å². The van der Waals surface area contributed by atoms with E-state index < -0.39 is 0 Å². The highest BCUT2D eigenvalue weighted by molar-refractivity contribution is 7.80. The molecule has 0 atom stereocenters. The Morgan fingerprint density at radius 2 is 2.25 bits per heavy atom. The van der Waals surface area contributed by atoms with Crippen molar-refractivity contribution in [1.29, 1.82) is 0 Å². The van der Waals surface area contributed by atoms with Gasteiger partial charge in [0.25, 0.3) is 0 Å². The lowest BCUT2D eigenvalue weighted by atomic mass is 10.1. The maximum Gasteiger partial charge on any atom is 0.126 e. The molecule has 5 heteroatoms. The lowest BCUT2D eigenvalue weighted by Gasteiger charge is -2.23. The van der Waals surface area contributed by atoms with Crippen LogP contribution in [-0.2, 0) is 4.74 Å². The van der Waals surface area contributed by atoms with E-state index in [1.165, 1.54) is 0 Å². The Labute approximate surface area is 101 Å². The molecule has 0 saturated heterocycles. The van der Waals surface area contributed by atoms with Gasteiger partial charge in [0.1, 0.15) is 10.8 Å². The number of anilines is 1. The predicted molar refractivity (Wildman–Crippen MR) is 69.7 cm³/mol. The van der Waals surface area contributed by atoms with Crippen LogP contribution in [0.5, 0.6) is 0 Å². The fourth-order valence-corrected chi connectivity index (χ4v) is 1.16. The molecule has 0 aliphatic heterocycles. The molecule has 0 unspecified atom stereocenters. The van der Waals surface area contributed by atoms with Gasteiger partial charge in [-0.15, -0.1) is 0 Å². The Morgan fingerprint density at radius 1 is 1.56 bits per heavy atom. The van der Waals surface area contributed by atoms with Crippen molar-refractivity contribution in [3.8, 4) is 0 Å². The van der Waals surface area contributed by atoms with Gasteiger partial charge in [0, 0.05) is 13.7 Å². The van der Waals surface area contributed by atoms with Gasteiger partial charge in [-0.3, -0.25) is 0 Å². The summed E-state index contributed by atoms with van der Waals surface area (Å²) in [4.78, 5) is 4.58. The van der Waals surface area contributed by atoms with Crippen molar-refractivity contribution in [2.24, 2.45) is 5.73 Å². The molecule has 0 aliphatic rings. The first-order valence-corrected chi connectivity index (χ1v) is 5.41. The number of nitrogens with one attached hydrogen (secondary N) is 1.